The highest BCUT2D eigenvalue weighted by atomic mass is 19.1. The molecule has 2 rings (SSSR count). The fourth-order valence-electron chi connectivity index (χ4n) is 2.48. The third-order valence-electron chi connectivity index (χ3n) is 3.64. The largest absolute Gasteiger partial charge is 0.314 e. The smallest absolute Gasteiger partial charge is 0.305 e. The highest BCUT2D eigenvalue weighted by molar-refractivity contribution is 5.36. The van der Waals surface area contributed by atoms with E-state index in [1.54, 1.807) is 12.1 Å². The number of nitrogens with one attached hydrogen (secondary N) is 1. The average Bonchev–Trinajstić information content (AvgIpc) is 3.19. The Balaban J connectivity index is 2.02. The molecule has 1 aromatic carbocycles. The maximum atomic E-state index is 13.9. The molecule has 1 aromatic rings. The molecule has 1 aliphatic carbocycles. The number of nitro groups is 1. The molecule has 0 saturated heterocycles. The summed E-state index contributed by atoms with van der Waals surface area (Å²) in [5.41, 5.74) is 0.0154. The third kappa shape index (κ3) is 3.50. The second-order valence-corrected chi connectivity index (χ2v) is 5.05. The predicted octanol–water partition coefficient (Wildman–Crippen LogP) is 3.05. The van der Waals surface area contributed by atoms with Crippen LogP contribution in [-0.2, 0) is 6.42 Å². The van der Waals surface area contributed by atoms with Crippen molar-refractivity contribution in [2.75, 3.05) is 6.54 Å². The van der Waals surface area contributed by atoms with Crippen molar-refractivity contribution in [3.63, 3.8) is 0 Å². The fraction of sp³-hybridized carbons (Fsp3) is 0.571. The number of nitrogens with zero attached hydrogens (tertiary/aromatic N) is 1. The molecule has 1 saturated carbocycles. The van der Waals surface area contributed by atoms with Crippen molar-refractivity contribution in [1.82, 2.24) is 5.32 Å². The zero-order valence-electron chi connectivity index (χ0n) is 11.1. The van der Waals surface area contributed by atoms with Gasteiger partial charge in [-0.2, -0.15) is 4.39 Å². The van der Waals surface area contributed by atoms with Crippen LogP contribution in [0.2, 0.25) is 0 Å². The molecule has 0 bridgehead atoms. The van der Waals surface area contributed by atoms with Gasteiger partial charge in [0.25, 0.3) is 0 Å². The van der Waals surface area contributed by atoms with E-state index in [0.29, 0.717) is 23.9 Å². The Kier molecular flexibility index (Phi) is 4.47. The molecule has 1 fully saturated rings. The molecule has 1 aliphatic rings. The van der Waals surface area contributed by atoms with Crippen molar-refractivity contribution in [3.8, 4) is 0 Å². The van der Waals surface area contributed by atoms with Crippen LogP contribution in [-0.4, -0.2) is 17.5 Å². The van der Waals surface area contributed by atoms with Gasteiger partial charge in [0.1, 0.15) is 0 Å². The van der Waals surface area contributed by atoms with Crippen LogP contribution in [0.15, 0.2) is 18.2 Å². The number of rotatable bonds is 7. The van der Waals surface area contributed by atoms with Gasteiger partial charge >= 0.3 is 5.69 Å². The number of aryl methyl sites for hydroxylation is 1. The minimum Gasteiger partial charge on any atom is -0.314 e. The summed E-state index contributed by atoms with van der Waals surface area (Å²) >= 11 is 0. The number of nitro benzene ring substituents is 1. The van der Waals surface area contributed by atoms with E-state index in [4.69, 9.17) is 0 Å². The van der Waals surface area contributed by atoms with Gasteiger partial charge in [-0.25, -0.2) is 0 Å². The Morgan fingerprint density at radius 2 is 2.26 bits per heavy atom. The van der Waals surface area contributed by atoms with E-state index in [2.05, 4.69) is 12.2 Å². The quantitative estimate of drug-likeness (QED) is 0.609. The highest BCUT2D eigenvalue weighted by Crippen LogP contribution is 2.34. The Bertz CT molecular complexity index is 461. The molecule has 0 heterocycles. The summed E-state index contributed by atoms with van der Waals surface area (Å²) in [4.78, 5) is 10.0. The summed E-state index contributed by atoms with van der Waals surface area (Å²) in [7, 11) is 0. The first-order valence-electron chi connectivity index (χ1n) is 6.78. The van der Waals surface area contributed by atoms with E-state index < -0.39 is 16.4 Å². The summed E-state index contributed by atoms with van der Waals surface area (Å²) < 4.78 is 13.9. The molecule has 19 heavy (non-hydrogen) atoms. The van der Waals surface area contributed by atoms with Gasteiger partial charge in [-0.1, -0.05) is 19.1 Å². The lowest BCUT2D eigenvalue weighted by molar-refractivity contribution is -0.387. The van der Waals surface area contributed by atoms with Crippen molar-refractivity contribution < 1.29 is 9.31 Å². The Labute approximate surface area is 112 Å². The van der Waals surface area contributed by atoms with E-state index in [1.165, 1.54) is 18.9 Å². The van der Waals surface area contributed by atoms with Gasteiger partial charge in [0.05, 0.1) is 4.92 Å². The van der Waals surface area contributed by atoms with E-state index in [9.17, 15) is 14.5 Å². The van der Waals surface area contributed by atoms with Crippen LogP contribution < -0.4 is 5.32 Å². The third-order valence-corrected chi connectivity index (χ3v) is 3.64. The van der Waals surface area contributed by atoms with Crippen molar-refractivity contribution in [3.05, 3.63) is 39.7 Å². The lowest BCUT2D eigenvalue weighted by Gasteiger charge is -2.17. The number of benzene rings is 1. The van der Waals surface area contributed by atoms with Crippen LogP contribution in [0.5, 0.6) is 0 Å². The molecule has 0 aliphatic heterocycles. The minimum absolute atomic E-state index is 0.406. The summed E-state index contributed by atoms with van der Waals surface area (Å²) in [6, 6.07) is 4.80. The summed E-state index contributed by atoms with van der Waals surface area (Å²) in [6.45, 7) is 2.96. The number of hydrogen-bond acceptors (Lipinski definition) is 3. The van der Waals surface area contributed by atoms with E-state index in [-0.39, 0.29) is 0 Å². The van der Waals surface area contributed by atoms with Gasteiger partial charge in [0, 0.05) is 12.1 Å². The molecule has 0 radical (unpaired) electrons. The maximum absolute atomic E-state index is 13.9. The van der Waals surface area contributed by atoms with Crippen LogP contribution in [0.1, 0.15) is 31.7 Å². The Morgan fingerprint density at radius 3 is 2.84 bits per heavy atom. The lowest BCUT2D eigenvalue weighted by atomic mass is 10.0. The molecule has 4 nitrogen and oxygen atoms in total. The van der Waals surface area contributed by atoms with Crippen LogP contribution in [0, 0.1) is 21.8 Å². The first kappa shape index (κ1) is 13.9. The van der Waals surface area contributed by atoms with Gasteiger partial charge in [0.2, 0.25) is 5.82 Å². The van der Waals surface area contributed by atoms with Crippen molar-refractivity contribution in [1.29, 1.82) is 0 Å². The van der Waals surface area contributed by atoms with Gasteiger partial charge in [-0.3, -0.25) is 10.1 Å². The standard InChI is InChI=1S/C14H19FN2O2/c1-2-16-12(10-6-7-10)9-8-11-4-3-5-13(14(11)15)17(18)19/h3-5,10,12,16H,2,6-9H2,1H3. The number of halogens is 1. The second-order valence-electron chi connectivity index (χ2n) is 5.05. The molecule has 1 atom stereocenters. The SMILES string of the molecule is CCNC(CCc1cccc([N+](=O)[O-])c1F)C1CC1. The molecule has 104 valence electrons. The molecule has 0 amide bonds. The molecular weight excluding hydrogens is 247 g/mol. The second kappa shape index (κ2) is 6.10. The van der Waals surface area contributed by atoms with E-state index in [1.807, 2.05) is 0 Å². The average molecular weight is 266 g/mol. The topological polar surface area (TPSA) is 55.2 Å². The fourth-order valence-corrected chi connectivity index (χ4v) is 2.48. The van der Waals surface area contributed by atoms with Crippen LogP contribution in [0.25, 0.3) is 0 Å². The minimum atomic E-state index is -0.682. The summed E-state index contributed by atoms with van der Waals surface area (Å²) in [6.07, 6.45) is 3.84. The molecule has 1 N–H and O–H groups in total. The number of hydrogen-bond donors (Lipinski definition) is 1. The summed E-state index contributed by atoms with van der Waals surface area (Å²) in [5.74, 6) is 0.0141. The molecule has 5 heteroatoms. The van der Waals surface area contributed by atoms with Crippen molar-refractivity contribution in [2.24, 2.45) is 5.92 Å². The first-order valence-corrected chi connectivity index (χ1v) is 6.78. The zero-order valence-corrected chi connectivity index (χ0v) is 11.1. The molecule has 0 spiro atoms. The normalized spacial score (nSPS) is 16.3. The molecular formula is C14H19FN2O2. The lowest BCUT2D eigenvalue weighted by Crippen LogP contribution is -2.31. The zero-order chi connectivity index (χ0) is 13.8. The monoisotopic (exact) mass is 266 g/mol. The van der Waals surface area contributed by atoms with E-state index >= 15 is 0 Å². The van der Waals surface area contributed by atoms with Gasteiger partial charge in [-0.15, -0.1) is 0 Å². The van der Waals surface area contributed by atoms with Crippen LogP contribution in [0.3, 0.4) is 0 Å². The van der Waals surface area contributed by atoms with Crippen molar-refractivity contribution >= 4 is 5.69 Å². The van der Waals surface area contributed by atoms with E-state index in [0.717, 1.165) is 13.0 Å². The molecule has 1 unspecified atom stereocenters. The maximum Gasteiger partial charge on any atom is 0.305 e. The first-order chi connectivity index (χ1) is 9.13. The Hall–Kier alpha value is -1.49. The van der Waals surface area contributed by atoms with Gasteiger partial charge in [-0.05, 0) is 43.7 Å². The highest BCUT2D eigenvalue weighted by Gasteiger charge is 2.30. The van der Waals surface area contributed by atoms with Gasteiger partial charge in [0.15, 0.2) is 0 Å². The van der Waals surface area contributed by atoms with Crippen molar-refractivity contribution in [2.45, 2.75) is 38.6 Å². The van der Waals surface area contributed by atoms with Crippen LogP contribution in [0.4, 0.5) is 10.1 Å². The molecule has 0 aromatic heterocycles. The Morgan fingerprint density at radius 1 is 1.53 bits per heavy atom. The summed E-state index contributed by atoms with van der Waals surface area (Å²) in [5, 5.41) is 14.1. The van der Waals surface area contributed by atoms with Crippen LogP contribution >= 0.6 is 0 Å². The van der Waals surface area contributed by atoms with Gasteiger partial charge < -0.3 is 5.32 Å². The predicted molar refractivity (Wildman–Crippen MR) is 71.6 cm³/mol.